The van der Waals surface area contributed by atoms with Crippen molar-refractivity contribution < 1.29 is 22.7 Å². The van der Waals surface area contributed by atoms with E-state index in [1.807, 2.05) is 0 Å². The molecule has 0 saturated carbocycles. The van der Waals surface area contributed by atoms with Crippen LogP contribution in [0, 0.1) is 0 Å². The molecule has 8 heteroatoms. The van der Waals surface area contributed by atoms with Crippen LogP contribution < -0.4 is 10.1 Å². The molecule has 0 radical (unpaired) electrons. The number of halogens is 3. The molecule has 1 amide bonds. The van der Waals surface area contributed by atoms with Crippen LogP contribution in [0.25, 0.3) is 5.69 Å². The number of carbonyl (C=O) groups excluding carboxylic acids is 1. The lowest BCUT2D eigenvalue weighted by Gasteiger charge is -2.10. The Hall–Kier alpha value is -3.29. The van der Waals surface area contributed by atoms with Gasteiger partial charge in [0.2, 0.25) is 0 Å². The Balaban J connectivity index is 1.77. The Morgan fingerprint density at radius 2 is 1.77 bits per heavy atom. The molecule has 0 atom stereocenters. The third-order valence-corrected chi connectivity index (χ3v) is 3.63. The van der Waals surface area contributed by atoms with E-state index in [-0.39, 0.29) is 5.91 Å². The third kappa shape index (κ3) is 3.69. The SMILES string of the molecule is COc1ccccc1NC(=O)c1ccc(-n2ccc(C(F)(F)F)n2)cc1. The largest absolute Gasteiger partial charge is 0.495 e. The third-order valence-electron chi connectivity index (χ3n) is 3.63. The zero-order valence-electron chi connectivity index (χ0n) is 13.6. The lowest BCUT2D eigenvalue weighted by Crippen LogP contribution is -2.12. The van der Waals surface area contributed by atoms with Crippen molar-refractivity contribution in [1.82, 2.24) is 9.78 Å². The molecule has 0 aliphatic heterocycles. The van der Waals surface area contributed by atoms with Gasteiger partial charge < -0.3 is 10.1 Å². The summed E-state index contributed by atoms with van der Waals surface area (Å²) in [5.41, 5.74) is 0.304. The van der Waals surface area contributed by atoms with E-state index < -0.39 is 11.9 Å². The van der Waals surface area contributed by atoms with Gasteiger partial charge in [-0.2, -0.15) is 18.3 Å². The van der Waals surface area contributed by atoms with Crippen LogP contribution in [0.4, 0.5) is 18.9 Å². The quantitative estimate of drug-likeness (QED) is 0.759. The number of alkyl halides is 3. The molecular formula is C18H14F3N3O2. The number of amides is 1. The monoisotopic (exact) mass is 361 g/mol. The number of methoxy groups -OCH3 is 1. The van der Waals surface area contributed by atoms with Gasteiger partial charge in [-0.05, 0) is 42.5 Å². The zero-order valence-corrected chi connectivity index (χ0v) is 13.6. The minimum atomic E-state index is -4.50. The molecule has 0 aliphatic rings. The van der Waals surface area contributed by atoms with Gasteiger partial charge in [-0.3, -0.25) is 4.79 Å². The smallest absolute Gasteiger partial charge is 0.435 e. The minimum absolute atomic E-state index is 0.350. The summed E-state index contributed by atoms with van der Waals surface area (Å²) in [6, 6.07) is 13.9. The predicted octanol–water partition coefficient (Wildman–Crippen LogP) is 4.15. The fourth-order valence-corrected chi connectivity index (χ4v) is 2.33. The summed E-state index contributed by atoms with van der Waals surface area (Å²) >= 11 is 0. The van der Waals surface area contributed by atoms with E-state index >= 15 is 0 Å². The maximum Gasteiger partial charge on any atom is 0.435 e. The summed E-state index contributed by atoms with van der Waals surface area (Å²) in [6.45, 7) is 0. The molecule has 0 spiro atoms. The molecule has 0 fully saturated rings. The number of anilines is 1. The lowest BCUT2D eigenvalue weighted by atomic mass is 10.2. The first-order valence-corrected chi connectivity index (χ1v) is 7.56. The highest BCUT2D eigenvalue weighted by Gasteiger charge is 2.33. The Kier molecular flexibility index (Phi) is 4.66. The molecule has 26 heavy (non-hydrogen) atoms. The van der Waals surface area contributed by atoms with Crippen LogP contribution >= 0.6 is 0 Å². The molecule has 134 valence electrons. The number of hydrogen-bond acceptors (Lipinski definition) is 3. The maximum absolute atomic E-state index is 12.6. The molecule has 2 aromatic carbocycles. The van der Waals surface area contributed by atoms with Crippen molar-refractivity contribution in [3.8, 4) is 11.4 Å². The van der Waals surface area contributed by atoms with Crippen molar-refractivity contribution >= 4 is 11.6 Å². The van der Waals surface area contributed by atoms with Crippen molar-refractivity contribution in [2.45, 2.75) is 6.18 Å². The van der Waals surface area contributed by atoms with E-state index in [2.05, 4.69) is 10.4 Å². The molecular weight excluding hydrogens is 347 g/mol. The predicted molar refractivity (Wildman–Crippen MR) is 89.5 cm³/mol. The Labute approximate surface area is 147 Å². The summed E-state index contributed by atoms with van der Waals surface area (Å²) in [5.74, 6) is 0.159. The Bertz CT molecular complexity index is 918. The highest BCUT2D eigenvalue weighted by atomic mass is 19.4. The molecule has 0 aliphatic carbocycles. The van der Waals surface area contributed by atoms with Gasteiger partial charge in [-0.25, -0.2) is 4.68 Å². The number of carbonyl (C=O) groups is 1. The summed E-state index contributed by atoms with van der Waals surface area (Å²) in [4.78, 5) is 12.3. The first-order valence-electron chi connectivity index (χ1n) is 7.56. The number of para-hydroxylation sites is 2. The molecule has 1 aromatic heterocycles. The summed E-state index contributed by atoms with van der Waals surface area (Å²) < 4.78 is 44.1. The van der Waals surface area contributed by atoms with Crippen molar-refractivity contribution in [3.63, 3.8) is 0 Å². The van der Waals surface area contributed by atoms with Gasteiger partial charge in [-0.1, -0.05) is 12.1 Å². The van der Waals surface area contributed by atoms with E-state index in [9.17, 15) is 18.0 Å². The number of nitrogens with one attached hydrogen (secondary N) is 1. The average molecular weight is 361 g/mol. The second-order valence-corrected chi connectivity index (χ2v) is 5.34. The second-order valence-electron chi connectivity index (χ2n) is 5.34. The topological polar surface area (TPSA) is 56.1 Å². The fraction of sp³-hybridized carbons (Fsp3) is 0.111. The lowest BCUT2D eigenvalue weighted by molar-refractivity contribution is -0.141. The number of hydrogen-bond donors (Lipinski definition) is 1. The van der Waals surface area contributed by atoms with Crippen LogP contribution in [-0.2, 0) is 6.18 Å². The van der Waals surface area contributed by atoms with E-state index in [1.165, 1.54) is 37.6 Å². The van der Waals surface area contributed by atoms with Crippen molar-refractivity contribution in [3.05, 3.63) is 72.1 Å². The highest BCUT2D eigenvalue weighted by Crippen LogP contribution is 2.28. The van der Waals surface area contributed by atoms with Gasteiger partial charge in [0.1, 0.15) is 5.75 Å². The van der Waals surface area contributed by atoms with E-state index in [0.29, 0.717) is 22.7 Å². The van der Waals surface area contributed by atoms with Crippen molar-refractivity contribution in [2.24, 2.45) is 0 Å². The molecule has 1 heterocycles. The Morgan fingerprint density at radius 3 is 2.38 bits per heavy atom. The molecule has 3 rings (SSSR count). The standard InChI is InChI=1S/C18H14F3N3O2/c1-26-15-5-3-2-4-14(15)22-17(25)12-6-8-13(9-7-12)24-11-10-16(23-24)18(19,20)21/h2-11H,1H3,(H,22,25). The van der Waals surface area contributed by atoms with E-state index in [4.69, 9.17) is 4.74 Å². The maximum atomic E-state index is 12.6. The van der Waals surface area contributed by atoms with Gasteiger partial charge >= 0.3 is 6.18 Å². The second kappa shape index (κ2) is 6.91. The number of aromatic nitrogens is 2. The molecule has 3 aromatic rings. The number of rotatable bonds is 4. The van der Waals surface area contributed by atoms with Crippen LogP contribution in [0.1, 0.15) is 16.1 Å². The van der Waals surface area contributed by atoms with Gasteiger partial charge in [0.25, 0.3) is 5.91 Å². The van der Waals surface area contributed by atoms with E-state index in [1.54, 1.807) is 24.3 Å². The Morgan fingerprint density at radius 1 is 1.08 bits per heavy atom. The van der Waals surface area contributed by atoms with Gasteiger partial charge in [0, 0.05) is 11.8 Å². The molecule has 0 bridgehead atoms. The zero-order chi connectivity index (χ0) is 18.7. The molecule has 5 nitrogen and oxygen atoms in total. The molecule has 0 saturated heterocycles. The van der Waals surface area contributed by atoms with Gasteiger partial charge in [0.05, 0.1) is 18.5 Å². The van der Waals surface area contributed by atoms with Gasteiger partial charge in [-0.15, -0.1) is 0 Å². The number of benzene rings is 2. The number of ether oxygens (including phenoxy) is 1. The molecule has 1 N–H and O–H groups in total. The summed E-state index contributed by atoms with van der Waals surface area (Å²) in [7, 11) is 1.50. The minimum Gasteiger partial charge on any atom is -0.495 e. The van der Waals surface area contributed by atoms with Crippen LogP contribution in [0.3, 0.4) is 0 Å². The van der Waals surface area contributed by atoms with Crippen LogP contribution in [0.15, 0.2) is 60.8 Å². The fourth-order valence-electron chi connectivity index (χ4n) is 2.33. The van der Waals surface area contributed by atoms with Crippen LogP contribution in [-0.4, -0.2) is 22.8 Å². The number of nitrogens with zero attached hydrogens (tertiary/aromatic N) is 2. The highest BCUT2D eigenvalue weighted by molar-refractivity contribution is 6.05. The average Bonchev–Trinajstić information content (AvgIpc) is 3.13. The normalized spacial score (nSPS) is 11.2. The van der Waals surface area contributed by atoms with Crippen molar-refractivity contribution in [2.75, 3.05) is 12.4 Å². The van der Waals surface area contributed by atoms with Gasteiger partial charge in [0.15, 0.2) is 5.69 Å². The van der Waals surface area contributed by atoms with Crippen molar-refractivity contribution in [1.29, 1.82) is 0 Å². The van der Waals surface area contributed by atoms with E-state index in [0.717, 1.165) is 10.7 Å². The first-order chi connectivity index (χ1) is 12.4. The van der Waals surface area contributed by atoms with Crippen LogP contribution in [0.5, 0.6) is 5.75 Å². The first kappa shape index (κ1) is 17.5. The summed E-state index contributed by atoms with van der Waals surface area (Å²) in [6.07, 6.45) is -3.29. The molecule has 0 unspecified atom stereocenters. The summed E-state index contributed by atoms with van der Waals surface area (Å²) in [5, 5.41) is 6.22. The van der Waals surface area contributed by atoms with Crippen LogP contribution in [0.2, 0.25) is 0 Å².